The minimum absolute atomic E-state index is 0.0408. The van der Waals surface area contributed by atoms with E-state index in [9.17, 15) is 33.6 Å². The summed E-state index contributed by atoms with van der Waals surface area (Å²) in [5, 5.41) is 5.43. The molecule has 3 fully saturated rings. The maximum absolute atomic E-state index is 13.9. The standard InChI is InChI=1S/C44H59N7O8/c1-28-26-49(40(54)14-10-5-4-7-11-30-15-18-34-37(25-30)48(3)44(58)51(34)36-20-22-39(53)47-42(36)56)24-23-32-16-19-35(50(32)43(28)57)41(55)46-33(17-21-38(45)52)29(2)59-27-31-12-8-6-9-13-31/h6,8-9,12-13,15,18,25,28-29,32-33,35-36H,4-5,7,10-11,14,16-17,19-24,26-27H2,1-3H3,(H2,45,52)(H,46,55)(H,47,53,56)/t28-,29+,32+,33-,35-,36?/m0/s1. The van der Waals surface area contributed by atoms with Crippen LogP contribution in [-0.2, 0) is 53.6 Å². The number of aromatic nitrogens is 2. The van der Waals surface area contributed by atoms with Crippen molar-refractivity contribution in [3.63, 3.8) is 0 Å². The predicted molar refractivity (Wildman–Crippen MR) is 220 cm³/mol. The number of nitrogens with two attached hydrogens (primary N) is 1. The van der Waals surface area contributed by atoms with Gasteiger partial charge in [0.15, 0.2) is 0 Å². The summed E-state index contributed by atoms with van der Waals surface area (Å²) in [5.74, 6) is -2.05. The zero-order valence-corrected chi connectivity index (χ0v) is 34.5. The Morgan fingerprint density at radius 2 is 1.68 bits per heavy atom. The number of hydrogen-bond donors (Lipinski definition) is 3. The Bertz CT molecular complexity index is 2080. The van der Waals surface area contributed by atoms with Crippen molar-refractivity contribution in [2.24, 2.45) is 18.7 Å². The number of hydrogen-bond acceptors (Lipinski definition) is 8. The largest absolute Gasteiger partial charge is 0.372 e. The van der Waals surface area contributed by atoms with E-state index in [4.69, 9.17) is 10.5 Å². The number of imide groups is 1. The van der Waals surface area contributed by atoms with Crippen LogP contribution in [0.15, 0.2) is 53.3 Å². The molecule has 3 aliphatic rings. The molecule has 0 aliphatic carbocycles. The first-order chi connectivity index (χ1) is 28.3. The second kappa shape index (κ2) is 19.6. The molecule has 0 saturated carbocycles. The van der Waals surface area contributed by atoms with Gasteiger partial charge in [0.2, 0.25) is 35.4 Å². The van der Waals surface area contributed by atoms with Crippen molar-refractivity contribution in [1.29, 1.82) is 0 Å². The first-order valence-electron chi connectivity index (χ1n) is 21.2. The van der Waals surface area contributed by atoms with E-state index in [1.165, 1.54) is 4.57 Å². The van der Waals surface area contributed by atoms with Crippen molar-refractivity contribution < 1.29 is 33.5 Å². The Labute approximate surface area is 345 Å². The van der Waals surface area contributed by atoms with E-state index in [2.05, 4.69) is 10.6 Å². The lowest BCUT2D eigenvalue weighted by molar-refractivity contribution is -0.147. The summed E-state index contributed by atoms with van der Waals surface area (Å²) in [6.45, 7) is 4.86. The van der Waals surface area contributed by atoms with E-state index in [1.54, 1.807) is 16.5 Å². The number of unbranched alkanes of at least 4 members (excludes halogenated alkanes) is 3. The first-order valence-corrected chi connectivity index (χ1v) is 21.2. The van der Waals surface area contributed by atoms with Crippen LogP contribution in [0, 0.1) is 5.92 Å². The number of imidazole rings is 1. The van der Waals surface area contributed by atoms with Gasteiger partial charge in [-0.3, -0.25) is 43.2 Å². The average molecular weight is 814 g/mol. The number of benzene rings is 2. The lowest BCUT2D eigenvalue weighted by atomic mass is 10.0. The molecule has 6 rings (SSSR count). The monoisotopic (exact) mass is 813 g/mol. The molecule has 1 aromatic heterocycles. The molecule has 0 spiro atoms. The molecule has 4 heterocycles. The Morgan fingerprint density at radius 1 is 0.915 bits per heavy atom. The number of fused-ring (bicyclic) bond motifs is 2. The molecule has 59 heavy (non-hydrogen) atoms. The topological polar surface area (TPSA) is 195 Å². The summed E-state index contributed by atoms with van der Waals surface area (Å²) in [5.41, 5.74) is 8.64. The van der Waals surface area contributed by atoms with Crippen LogP contribution in [0.25, 0.3) is 11.0 Å². The number of primary amides is 1. The molecule has 3 aliphatic heterocycles. The highest BCUT2D eigenvalue weighted by Crippen LogP contribution is 2.31. The van der Waals surface area contributed by atoms with Gasteiger partial charge in [-0.05, 0) is 81.5 Å². The fourth-order valence-electron chi connectivity index (χ4n) is 8.87. The highest BCUT2D eigenvalue weighted by atomic mass is 16.5. The Balaban J connectivity index is 0.957. The molecule has 15 heteroatoms. The summed E-state index contributed by atoms with van der Waals surface area (Å²) in [6.07, 6.45) is 6.94. The van der Waals surface area contributed by atoms with Gasteiger partial charge in [-0.2, -0.15) is 0 Å². The molecule has 318 valence electrons. The number of nitrogens with zero attached hydrogens (tertiary/aromatic N) is 4. The van der Waals surface area contributed by atoms with Crippen LogP contribution in [0.2, 0.25) is 0 Å². The lowest BCUT2D eigenvalue weighted by Crippen LogP contribution is -2.56. The first kappa shape index (κ1) is 43.3. The summed E-state index contributed by atoms with van der Waals surface area (Å²) in [6, 6.07) is 13.6. The number of piperidine rings is 1. The van der Waals surface area contributed by atoms with Gasteiger partial charge in [-0.25, -0.2) is 4.79 Å². The second-order valence-electron chi connectivity index (χ2n) is 16.6. The SMILES string of the molecule is C[C@H]1CN(C(=O)CCCCCCc2ccc3c(c2)n(C)c(=O)n3C2CCC(=O)NC2=O)CC[C@H]2CC[C@@H](C(=O)N[C@@H](CCC(N)=O)[C@@H](C)OCc3ccccc3)N2C1=O. The summed E-state index contributed by atoms with van der Waals surface area (Å²) in [7, 11) is 1.69. The van der Waals surface area contributed by atoms with Crippen LogP contribution in [-0.4, -0.2) is 91.7 Å². The van der Waals surface area contributed by atoms with Gasteiger partial charge in [-0.1, -0.05) is 56.2 Å². The number of nitrogens with one attached hydrogen (secondary N) is 2. The van der Waals surface area contributed by atoms with Crippen LogP contribution in [0.5, 0.6) is 0 Å². The van der Waals surface area contributed by atoms with Gasteiger partial charge in [0.05, 0.1) is 35.7 Å². The third-order valence-electron chi connectivity index (χ3n) is 12.3. The molecule has 15 nitrogen and oxygen atoms in total. The zero-order chi connectivity index (χ0) is 42.2. The van der Waals surface area contributed by atoms with E-state index in [0.717, 1.165) is 48.7 Å². The molecule has 3 saturated heterocycles. The van der Waals surface area contributed by atoms with Crippen LogP contribution in [0.4, 0.5) is 0 Å². The van der Waals surface area contributed by atoms with Crippen molar-refractivity contribution in [2.45, 2.75) is 134 Å². The van der Waals surface area contributed by atoms with E-state index in [0.29, 0.717) is 63.7 Å². The molecule has 2 aromatic carbocycles. The third kappa shape index (κ3) is 10.5. The van der Waals surface area contributed by atoms with E-state index in [-0.39, 0.29) is 48.2 Å². The van der Waals surface area contributed by atoms with Gasteiger partial charge in [-0.15, -0.1) is 0 Å². The number of carbonyl (C=O) groups is 6. The number of carbonyl (C=O) groups excluding carboxylic acids is 6. The minimum Gasteiger partial charge on any atom is -0.372 e. The summed E-state index contributed by atoms with van der Waals surface area (Å²) < 4.78 is 9.13. The third-order valence-corrected chi connectivity index (χ3v) is 12.3. The van der Waals surface area contributed by atoms with Crippen molar-refractivity contribution in [2.75, 3.05) is 13.1 Å². The highest BCUT2D eigenvalue weighted by Gasteiger charge is 2.44. The van der Waals surface area contributed by atoms with Crippen molar-refractivity contribution in [3.8, 4) is 0 Å². The maximum Gasteiger partial charge on any atom is 0.329 e. The van der Waals surface area contributed by atoms with Gasteiger partial charge < -0.3 is 25.6 Å². The smallest absolute Gasteiger partial charge is 0.329 e. The fourth-order valence-corrected chi connectivity index (χ4v) is 8.87. The number of amides is 6. The molecule has 0 bridgehead atoms. The van der Waals surface area contributed by atoms with E-state index >= 15 is 0 Å². The molecule has 6 atom stereocenters. The van der Waals surface area contributed by atoms with Crippen LogP contribution >= 0.6 is 0 Å². The minimum atomic E-state index is -0.718. The average Bonchev–Trinajstić information content (AvgIpc) is 3.75. The van der Waals surface area contributed by atoms with Crippen molar-refractivity contribution in [3.05, 3.63) is 70.1 Å². The molecule has 6 amide bonds. The van der Waals surface area contributed by atoms with Gasteiger partial charge >= 0.3 is 5.69 Å². The molecular weight excluding hydrogens is 755 g/mol. The number of rotatable bonds is 17. The molecule has 4 N–H and O–H groups in total. The Hall–Kier alpha value is -5.31. The fraction of sp³-hybridized carbons (Fsp3) is 0.568. The highest BCUT2D eigenvalue weighted by molar-refractivity contribution is 6.00. The maximum atomic E-state index is 13.9. The summed E-state index contributed by atoms with van der Waals surface area (Å²) >= 11 is 0. The molecule has 0 radical (unpaired) electrons. The number of ether oxygens (including phenoxy) is 1. The Morgan fingerprint density at radius 3 is 2.42 bits per heavy atom. The normalized spacial score (nSPS) is 22.1. The lowest BCUT2D eigenvalue weighted by Gasteiger charge is -2.38. The second-order valence-corrected chi connectivity index (χ2v) is 16.6. The van der Waals surface area contributed by atoms with Crippen LogP contribution in [0.3, 0.4) is 0 Å². The predicted octanol–water partition coefficient (Wildman–Crippen LogP) is 3.39. The van der Waals surface area contributed by atoms with Crippen molar-refractivity contribution >= 4 is 46.5 Å². The molecule has 3 aromatic rings. The molecule has 1 unspecified atom stereocenters. The molecular formula is C44H59N7O8. The zero-order valence-electron chi connectivity index (χ0n) is 34.5. The van der Waals surface area contributed by atoms with Crippen LogP contribution < -0.4 is 22.1 Å². The van der Waals surface area contributed by atoms with Gasteiger partial charge in [0.25, 0.3) is 0 Å². The quantitative estimate of drug-likeness (QED) is 0.136. The van der Waals surface area contributed by atoms with Crippen LogP contribution in [0.1, 0.15) is 108 Å². The van der Waals surface area contributed by atoms with Gasteiger partial charge in [0.1, 0.15) is 12.1 Å². The van der Waals surface area contributed by atoms with Crippen molar-refractivity contribution in [1.82, 2.24) is 29.6 Å². The van der Waals surface area contributed by atoms with E-state index in [1.807, 2.05) is 67.3 Å². The number of aryl methyl sites for hydroxylation is 2. The van der Waals surface area contributed by atoms with E-state index < -0.39 is 42.0 Å². The van der Waals surface area contributed by atoms with Gasteiger partial charge in [0, 0.05) is 45.4 Å². The Kier molecular flexibility index (Phi) is 14.4. The summed E-state index contributed by atoms with van der Waals surface area (Å²) in [4.78, 5) is 93.6.